The van der Waals surface area contributed by atoms with Gasteiger partial charge in [0.05, 0.1) is 0 Å². The molecule has 0 radical (unpaired) electrons. The van der Waals surface area contributed by atoms with Crippen LogP contribution in [-0.4, -0.2) is 46.0 Å². The summed E-state index contributed by atoms with van der Waals surface area (Å²) in [6.45, 7) is 7.32. The molecule has 0 N–H and O–H groups in total. The molecule has 2 saturated heterocycles. The molecule has 144 valence electrons. The number of benzene rings is 1. The molecule has 1 unspecified atom stereocenters. The molecule has 2 aliphatic rings. The highest BCUT2D eigenvalue weighted by atomic mass is 35.5. The lowest BCUT2D eigenvalue weighted by molar-refractivity contribution is -0.124. The Kier molecular flexibility index (Phi) is 4.81. The van der Waals surface area contributed by atoms with Crippen LogP contribution in [0.5, 0.6) is 0 Å². The Balaban J connectivity index is 1.51. The lowest BCUT2D eigenvalue weighted by Crippen LogP contribution is -2.64. The van der Waals surface area contributed by atoms with Gasteiger partial charge in [0.1, 0.15) is 5.69 Å². The third-order valence-electron chi connectivity index (χ3n) is 6.47. The van der Waals surface area contributed by atoms with Crippen LogP contribution in [0, 0.1) is 5.41 Å². The van der Waals surface area contributed by atoms with Crippen LogP contribution < -0.4 is 0 Å². The maximum atomic E-state index is 12.8. The number of aromatic nitrogens is 1. The minimum absolute atomic E-state index is 0.153. The first-order valence-electron chi connectivity index (χ1n) is 9.83. The number of amides is 1. The summed E-state index contributed by atoms with van der Waals surface area (Å²) in [5.41, 5.74) is 2.39. The normalized spacial score (nSPS) is 22.3. The fourth-order valence-electron chi connectivity index (χ4n) is 4.88. The van der Waals surface area contributed by atoms with Crippen LogP contribution in [-0.2, 0) is 7.05 Å². The van der Waals surface area contributed by atoms with Gasteiger partial charge in [0.2, 0.25) is 0 Å². The van der Waals surface area contributed by atoms with E-state index in [4.69, 9.17) is 11.6 Å². The molecule has 1 atom stereocenters. The summed E-state index contributed by atoms with van der Waals surface area (Å²) in [6, 6.07) is 13.1. The molecule has 1 aromatic carbocycles. The quantitative estimate of drug-likeness (QED) is 0.785. The van der Waals surface area contributed by atoms with Gasteiger partial charge in [-0.15, -0.1) is 0 Å². The molecule has 2 aliphatic heterocycles. The van der Waals surface area contributed by atoms with Crippen LogP contribution in [0.2, 0.25) is 5.02 Å². The Hall–Kier alpha value is -1.78. The maximum absolute atomic E-state index is 12.8. The van der Waals surface area contributed by atoms with E-state index < -0.39 is 0 Å². The Morgan fingerprint density at radius 2 is 1.81 bits per heavy atom. The van der Waals surface area contributed by atoms with Gasteiger partial charge in [0.15, 0.2) is 0 Å². The number of hydrogen-bond acceptors (Lipinski definition) is 2. The number of hydrogen-bond donors (Lipinski definition) is 0. The number of nitrogens with zero attached hydrogens (tertiary/aromatic N) is 3. The van der Waals surface area contributed by atoms with E-state index in [1.165, 1.54) is 5.56 Å². The molecule has 3 heterocycles. The van der Waals surface area contributed by atoms with E-state index in [0.717, 1.165) is 43.2 Å². The second-order valence-electron chi connectivity index (χ2n) is 8.38. The van der Waals surface area contributed by atoms with Gasteiger partial charge >= 0.3 is 0 Å². The van der Waals surface area contributed by atoms with Gasteiger partial charge < -0.3 is 9.47 Å². The van der Waals surface area contributed by atoms with E-state index in [1.54, 1.807) is 0 Å². The molecule has 1 spiro atoms. The maximum Gasteiger partial charge on any atom is 0.270 e. The largest absolute Gasteiger partial charge is 0.347 e. The summed E-state index contributed by atoms with van der Waals surface area (Å²) in [6.07, 6.45) is 4.04. The van der Waals surface area contributed by atoms with Crippen molar-refractivity contribution in [2.75, 3.05) is 19.6 Å². The molecule has 0 aliphatic carbocycles. The molecular weight excluding hydrogens is 358 g/mol. The SMILES string of the molecule is CC(C)N1CC2(CCN(C(=O)c3cccn3C)CC2)C1c1ccc(Cl)cc1. The average molecular weight is 386 g/mol. The number of likely N-dealkylation sites (tertiary alicyclic amines) is 2. The fraction of sp³-hybridized carbons (Fsp3) is 0.500. The van der Waals surface area contributed by atoms with Crippen molar-refractivity contribution in [3.8, 4) is 0 Å². The Labute approximate surface area is 166 Å². The molecule has 1 amide bonds. The fourth-order valence-corrected chi connectivity index (χ4v) is 5.01. The van der Waals surface area contributed by atoms with E-state index in [-0.39, 0.29) is 11.3 Å². The molecule has 0 bridgehead atoms. The van der Waals surface area contributed by atoms with Crippen LogP contribution in [0.3, 0.4) is 0 Å². The molecule has 0 saturated carbocycles. The van der Waals surface area contributed by atoms with Crippen molar-refractivity contribution in [2.24, 2.45) is 12.5 Å². The van der Waals surface area contributed by atoms with E-state index in [0.29, 0.717) is 12.1 Å². The topological polar surface area (TPSA) is 28.5 Å². The third-order valence-corrected chi connectivity index (χ3v) is 6.72. The lowest BCUT2D eigenvalue weighted by Gasteiger charge is -2.62. The first-order valence-corrected chi connectivity index (χ1v) is 10.2. The van der Waals surface area contributed by atoms with E-state index in [1.807, 2.05) is 47.0 Å². The second kappa shape index (κ2) is 6.99. The zero-order valence-corrected chi connectivity index (χ0v) is 17.1. The van der Waals surface area contributed by atoms with Crippen LogP contribution in [0.1, 0.15) is 48.8 Å². The summed E-state index contributed by atoms with van der Waals surface area (Å²) in [4.78, 5) is 17.4. The van der Waals surface area contributed by atoms with Crippen molar-refractivity contribution in [2.45, 2.75) is 38.8 Å². The molecule has 2 aromatic rings. The zero-order chi connectivity index (χ0) is 19.2. The van der Waals surface area contributed by atoms with Gasteiger partial charge in [-0.25, -0.2) is 0 Å². The smallest absolute Gasteiger partial charge is 0.270 e. The molecule has 4 rings (SSSR count). The van der Waals surface area contributed by atoms with Gasteiger partial charge in [-0.1, -0.05) is 23.7 Å². The summed E-state index contributed by atoms with van der Waals surface area (Å²) in [7, 11) is 1.93. The predicted octanol–water partition coefficient (Wildman–Crippen LogP) is 4.37. The molecule has 1 aromatic heterocycles. The average Bonchev–Trinajstić information content (AvgIpc) is 3.07. The van der Waals surface area contributed by atoms with Crippen molar-refractivity contribution in [1.82, 2.24) is 14.4 Å². The zero-order valence-electron chi connectivity index (χ0n) is 16.4. The minimum Gasteiger partial charge on any atom is -0.347 e. The van der Waals surface area contributed by atoms with Crippen molar-refractivity contribution in [3.63, 3.8) is 0 Å². The molecule has 5 heteroatoms. The van der Waals surface area contributed by atoms with Crippen LogP contribution >= 0.6 is 11.6 Å². The van der Waals surface area contributed by atoms with Gasteiger partial charge in [0, 0.05) is 55.4 Å². The van der Waals surface area contributed by atoms with Gasteiger partial charge in [0.25, 0.3) is 5.91 Å². The predicted molar refractivity (Wildman–Crippen MR) is 109 cm³/mol. The number of carbonyl (C=O) groups excluding carboxylic acids is 1. The lowest BCUT2D eigenvalue weighted by atomic mass is 9.62. The second-order valence-corrected chi connectivity index (χ2v) is 8.82. The van der Waals surface area contributed by atoms with Crippen molar-refractivity contribution in [1.29, 1.82) is 0 Å². The van der Waals surface area contributed by atoms with Crippen LogP contribution in [0.25, 0.3) is 0 Å². The highest BCUT2D eigenvalue weighted by molar-refractivity contribution is 6.30. The van der Waals surface area contributed by atoms with Crippen molar-refractivity contribution >= 4 is 17.5 Å². The third kappa shape index (κ3) is 3.19. The van der Waals surface area contributed by atoms with Gasteiger partial charge in [-0.05, 0) is 56.5 Å². The Morgan fingerprint density at radius 1 is 1.15 bits per heavy atom. The molecule has 4 nitrogen and oxygen atoms in total. The number of rotatable bonds is 3. The van der Waals surface area contributed by atoms with Gasteiger partial charge in [-0.3, -0.25) is 9.69 Å². The minimum atomic E-state index is 0.153. The summed E-state index contributed by atoms with van der Waals surface area (Å²) in [5, 5.41) is 0.784. The Morgan fingerprint density at radius 3 is 2.37 bits per heavy atom. The summed E-state index contributed by atoms with van der Waals surface area (Å²) >= 11 is 6.11. The number of halogens is 1. The van der Waals surface area contributed by atoms with Gasteiger partial charge in [-0.2, -0.15) is 0 Å². The van der Waals surface area contributed by atoms with E-state index in [9.17, 15) is 4.79 Å². The first-order chi connectivity index (χ1) is 12.9. The first kappa shape index (κ1) is 18.6. The summed E-state index contributed by atoms with van der Waals surface area (Å²) in [5.74, 6) is 0.153. The van der Waals surface area contributed by atoms with Crippen molar-refractivity contribution in [3.05, 3.63) is 58.9 Å². The van der Waals surface area contributed by atoms with E-state index in [2.05, 4.69) is 30.9 Å². The van der Waals surface area contributed by atoms with E-state index >= 15 is 0 Å². The molecule has 27 heavy (non-hydrogen) atoms. The van der Waals surface area contributed by atoms with Crippen LogP contribution in [0.15, 0.2) is 42.6 Å². The molecule has 2 fully saturated rings. The standard InChI is InChI=1S/C22H28ClN3O/c1-16(2)26-15-22(20(26)17-6-8-18(23)9-7-17)10-13-25(14-11-22)21(27)19-5-4-12-24(19)3/h4-9,12,16,20H,10-11,13-15H2,1-3H3. The number of aryl methyl sites for hydroxylation is 1. The monoisotopic (exact) mass is 385 g/mol. The summed E-state index contributed by atoms with van der Waals surface area (Å²) < 4.78 is 1.91. The molecular formula is C22H28ClN3O. The highest BCUT2D eigenvalue weighted by Gasteiger charge is 2.54. The number of piperidine rings is 1. The number of carbonyl (C=O) groups is 1. The van der Waals surface area contributed by atoms with Crippen LogP contribution in [0.4, 0.5) is 0 Å². The highest BCUT2D eigenvalue weighted by Crippen LogP contribution is 2.55. The van der Waals surface area contributed by atoms with Crippen molar-refractivity contribution < 1.29 is 4.79 Å². The Bertz CT molecular complexity index is 818.